The van der Waals surface area contributed by atoms with Crippen molar-refractivity contribution in [2.75, 3.05) is 5.73 Å². The second kappa shape index (κ2) is 4.32. The van der Waals surface area contributed by atoms with Gasteiger partial charge in [0.15, 0.2) is 0 Å². The van der Waals surface area contributed by atoms with Gasteiger partial charge in [0.05, 0.1) is 17.4 Å². The number of nitrogens with zero attached hydrogens (tertiary/aromatic N) is 2. The highest BCUT2D eigenvalue weighted by atomic mass is 16.5. The number of nitrogen functional groups attached to an aromatic ring is 1. The monoisotopic (exact) mass is 211 g/mol. The molecule has 2 rings (SSSR count). The fraction of sp³-hybridized carbons (Fsp3) is 0. The molecule has 0 amide bonds. The number of benzene rings is 1. The minimum Gasteiger partial charge on any atom is -0.456 e. The Morgan fingerprint density at radius 2 is 2.12 bits per heavy atom. The van der Waals surface area contributed by atoms with Crippen LogP contribution in [-0.4, -0.2) is 4.98 Å². The Hall–Kier alpha value is -2.54. The molecule has 0 spiro atoms. The van der Waals surface area contributed by atoms with Gasteiger partial charge in [0.1, 0.15) is 17.6 Å². The van der Waals surface area contributed by atoms with Crippen molar-refractivity contribution in [3.63, 3.8) is 0 Å². The van der Waals surface area contributed by atoms with Crippen molar-refractivity contribution in [2.45, 2.75) is 0 Å². The molecule has 0 saturated carbocycles. The van der Waals surface area contributed by atoms with E-state index in [1.165, 1.54) is 0 Å². The molecule has 0 unspecified atom stereocenters. The van der Waals surface area contributed by atoms with E-state index in [2.05, 4.69) is 4.98 Å². The van der Waals surface area contributed by atoms with Gasteiger partial charge in [-0.05, 0) is 24.3 Å². The van der Waals surface area contributed by atoms with E-state index in [0.717, 1.165) is 0 Å². The molecule has 0 saturated heterocycles. The van der Waals surface area contributed by atoms with Crippen molar-refractivity contribution in [1.82, 2.24) is 4.98 Å². The third kappa shape index (κ3) is 2.10. The van der Waals surface area contributed by atoms with Crippen molar-refractivity contribution in [1.29, 1.82) is 5.26 Å². The molecule has 0 bridgehead atoms. The first-order chi connectivity index (χ1) is 7.79. The van der Waals surface area contributed by atoms with Crippen LogP contribution >= 0.6 is 0 Å². The standard InChI is InChI=1S/C12H9N3O/c13-7-9-3-4-10(6-12(9)14)16-11-2-1-5-15-8-11/h1-6,8H,14H2. The van der Waals surface area contributed by atoms with E-state index in [4.69, 9.17) is 15.7 Å². The van der Waals surface area contributed by atoms with Crippen LogP contribution in [0.4, 0.5) is 5.69 Å². The van der Waals surface area contributed by atoms with Gasteiger partial charge in [0.25, 0.3) is 0 Å². The Balaban J connectivity index is 2.24. The van der Waals surface area contributed by atoms with Crippen molar-refractivity contribution in [3.8, 4) is 17.6 Å². The van der Waals surface area contributed by atoms with Gasteiger partial charge >= 0.3 is 0 Å². The van der Waals surface area contributed by atoms with Crippen molar-refractivity contribution < 1.29 is 4.74 Å². The second-order valence-electron chi connectivity index (χ2n) is 3.15. The molecule has 4 heteroatoms. The summed E-state index contributed by atoms with van der Waals surface area (Å²) in [6.45, 7) is 0. The van der Waals surface area contributed by atoms with Gasteiger partial charge in [-0.3, -0.25) is 4.98 Å². The average molecular weight is 211 g/mol. The van der Waals surface area contributed by atoms with Crippen molar-refractivity contribution >= 4 is 5.69 Å². The van der Waals surface area contributed by atoms with Crippen LogP contribution in [-0.2, 0) is 0 Å². The Bertz CT molecular complexity index is 532. The lowest BCUT2D eigenvalue weighted by atomic mass is 10.2. The average Bonchev–Trinajstić information content (AvgIpc) is 2.31. The summed E-state index contributed by atoms with van der Waals surface area (Å²) in [6.07, 6.45) is 3.27. The Morgan fingerprint density at radius 3 is 2.75 bits per heavy atom. The molecule has 16 heavy (non-hydrogen) atoms. The number of hydrogen-bond acceptors (Lipinski definition) is 4. The van der Waals surface area contributed by atoms with Crippen LogP contribution in [0.15, 0.2) is 42.7 Å². The molecule has 4 nitrogen and oxygen atoms in total. The molecule has 2 N–H and O–H groups in total. The van der Waals surface area contributed by atoms with Crippen LogP contribution < -0.4 is 10.5 Å². The molecule has 0 fully saturated rings. The normalized spacial score (nSPS) is 9.44. The summed E-state index contributed by atoms with van der Waals surface area (Å²) in [5, 5.41) is 8.72. The summed E-state index contributed by atoms with van der Waals surface area (Å²) in [6, 6.07) is 10.5. The lowest BCUT2D eigenvalue weighted by Crippen LogP contribution is -1.92. The predicted octanol–water partition coefficient (Wildman–Crippen LogP) is 2.33. The van der Waals surface area contributed by atoms with E-state index in [0.29, 0.717) is 22.7 Å². The van der Waals surface area contributed by atoms with Crippen LogP contribution in [0.1, 0.15) is 5.56 Å². The van der Waals surface area contributed by atoms with Gasteiger partial charge < -0.3 is 10.5 Å². The Kier molecular flexibility index (Phi) is 2.70. The van der Waals surface area contributed by atoms with E-state index in [9.17, 15) is 0 Å². The summed E-state index contributed by atoms with van der Waals surface area (Å²) >= 11 is 0. The largest absolute Gasteiger partial charge is 0.456 e. The number of nitrogens with two attached hydrogens (primary N) is 1. The van der Waals surface area contributed by atoms with E-state index in [1.54, 1.807) is 42.7 Å². The lowest BCUT2D eigenvalue weighted by Gasteiger charge is -2.06. The molecule has 0 aliphatic rings. The van der Waals surface area contributed by atoms with Gasteiger partial charge in [-0.15, -0.1) is 0 Å². The fourth-order valence-corrected chi connectivity index (χ4v) is 1.25. The molecule has 78 valence electrons. The van der Waals surface area contributed by atoms with E-state index in [-0.39, 0.29) is 0 Å². The minimum atomic E-state index is 0.406. The first-order valence-corrected chi connectivity index (χ1v) is 4.67. The zero-order valence-electron chi connectivity index (χ0n) is 8.42. The zero-order valence-corrected chi connectivity index (χ0v) is 8.42. The van der Waals surface area contributed by atoms with Gasteiger partial charge in [-0.25, -0.2) is 0 Å². The van der Waals surface area contributed by atoms with Gasteiger partial charge in [0.2, 0.25) is 0 Å². The summed E-state index contributed by atoms with van der Waals surface area (Å²) < 4.78 is 5.51. The maximum Gasteiger partial charge on any atom is 0.145 e. The van der Waals surface area contributed by atoms with Crippen LogP contribution in [0.2, 0.25) is 0 Å². The number of pyridine rings is 1. The third-order valence-corrected chi connectivity index (χ3v) is 2.01. The number of ether oxygens (including phenoxy) is 1. The lowest BCUT2D eigenvalue weighted by molar-refractivity contribution is 0.480. The zero-order chi connectivity index (χ0) is 11.4. The molecule has 2 aromatic rings. The number of anilines is 1. The van der Waals surface area contributed by atoms with E-state index >= 15 is 0 Å². The smallest absolute Gasteiger partial charge is 0.145 e. The molecule has 1 heterocycles. The molecular weight excluding hydrogens is 202 g/mol. The highest BCUT2D eigenvalue weighted by Crippen LogP contribution is 2.24. The van der Waals surface area contributed by atoms with Crippen LogP contribution in [0.25, 0.3) is 0 Å². The Morgan fingerprint density at radius 1 is 1.25 bits per heavy atom. The first kappa shape index (κ1) is 9.99. The quantitative estimate of drug-likeness (QED) is 0.774. The highest BCUT2D eigenvalue weighted by molar-refractivity contribution is 5.57. The maximum absolute atomic E-state index is 8.72. The van der Waals surface area contributed by atoms with Crippen molar-refractivity contribution in [3.05, 3.63) is 48.3 Å². The molecule has 0 aliphatic heterocycles. The summed E-state index contributed by atoms with van der Waals surface area (Å²) in [4.78, 5) is 3.93. The van der Waals surface area contributed by atoms with Gasteiger partial charge in [-0.1, -0.05) is 0 Å². The summed E-state index contributed by atoms with van der Waals surface area (Å²) in [5.74, 6) is 1.22. The molecule has 0 aliphatic carbocycles. The van der Waals surface area contributed by atoms with Gasteiger partial charge in [0, 0.05) is 12.3 Å². The second-order valence-corrected chi connectivity index (χ2v) is 3.15. The van der Waals surface area contributed by atoms with Crippen LogP contribution in [0.5, 0.6) is 11.5 Å². The molecule has 1 aromatic heterocycles. The van der Waals surface area contributed by atoms with E-state index < -0.39 is 0 Å². The SMILES string of the molecule is N#Cc1ccc(Oc2cccnc2)cc1N. The number of nitriles is 1. The number of aromatic nitrogens is 1. The van der Waals surface area contributed by atoms with Crippen LogP contribution in [0, 0.1) is 11.3 Å². The molecule has 0 radical (unpaired) electrons. The predicted molar refractivity (Wildman–Crippen MR) is 59.9 cm³/mol. The van der Waals surface area contributed by atoms with Gasteiger partial charge in [-0.2, -0.15) is 5.26 Å². The Labute approximate surface area is 92.9 Å². The molecule has 1 aromatic carbocycles. The number of rotatable bonds is 2. The summed E-state index contributed by atoms with van der Waals surface area (Å²) in [7, 11) is 0. The topological polar surface area (TPSA) is 71.9 Å². The first-order valence-electron chi connectivity index (χ1n) is 4.67. The van der Waals surface area contributed by atoms with Crippen LogP contribution in [0.3, 0.4) is 0 Å². The third-order valence-electron chi connectivity index (χ3n) is 2.01. The number of hydrogen-bond donors (Lipinski definition) is 1. The summed E-state index contributed by atoms with van der Waals surface area (Å²) in [5.41, 5.74) is 6.52. The maximum atomic E-state index is 8.72. The fourth-order valence-electron chi connectivity index (χ4n) is 1.25. The minimum absolute atomic E-state index is 0.406. The van der Waals surface area contributed by atoms with Crippen molar-refractivity contribution in [2.24, 2.45) is 0 Å². The molecule has 0 atom stereocenters. The van der Waals surface area contributed by atoms with E-state index in [1.807, 2.05) is 6.07 Å². The highest BCUT2D eigenvalue weighted by Gasteiger charge is 2.01. The molecular formula is C12H9N3O.